The molecule has 2 atom stereocenters. The van der Waals surface area contributed by atoms with Gasteiger partial charge < -0.3 is 10.3 Å². The van der Waals surface area contributed by atoms with Gasteiger partial charge in [-0.25, -0.2) is 10.8 Å². The number of rotatable bonds is 2. The minimum atomic E-state index is 0.722. The number of aromatic nitrogens is 1. The van der Waals surface area contributed by atoms with Gasteiger partial charge >= 0.3 is 0 Å². The van der Waals surface area contributed by atoms with Crippen molar-refractivity contribution in [3.63, 3.8) is 0 Å². The molecule has 82 valence electrons. The molecule has 2 unspecified atom stereocenters. The monoisotopic (exact) mass is 206 g/mol. The molecule has 3 N–H and O–H groups in total. The minimum absolute atomic E-state index is 0.722. The zero-order valence-electron chi connectivity index (χ0n) is 9.27. The lowest BCUT2D eigenvalue weighted by atomic mass is 10.0. The van der Waals surface area contributed by atoms with E-state index in [1.807, 2.05) is 18.2 Å². The molecule has 4 nitrogen and oxygen atoms in total. The average molecular weight is 206 g/mol. The second-order valence-electron chi connectivity index (χ2n) is 4.38. The molecule has 0 aliphatic carbocycles. The van der Waals surface area contributed by atoms with E-state index in [4.69, 9.17) is 5.84 Å². The summed E-state index contributed by atoms with van der Waals surface area (Å²) in [5.74, 6) is 8.55. The number of hydrogen-bond acceptors (Lipinski definition) is 4. The fraction of sp³-hybridized carbons (Fsp3) is 0.545. The van der Waals surface area contributed by atoms with Crippen LogP contribution in [-0.2, 0) is 0 Å². The number of anilines is 2. The molecule has 0 saturated carbocycles. The second kappa shape index (κ2) is 4.06. The Morgan fingerprint density at radius 3 is 2.60 bits per heavy atom. The van der Waals surface area contributed by atoms with Gasteiger partial charge in [0.05, 0.1) is 0 Å². The molecule has 1 aromatic heterocycles. The number of nitrogens with one attached hydrogen (secondary N) is 1. The summed E-state index contributed by atoms with van der Waals surface area (Å²) in [6.45, 7) is 6.75. The van der Waals surface area contributed by atoms with Crippen molar-refractivity contribution in [2.45, 2.75) is 13.8 Å². The SMILES string of the molecule is CC1CN(c2cccc(NN)n2)CC1C. The molecule has 4 heteroatoms. The Hall–Kier alpha value is -1.29. The molecule has 0 amide bonds. The fourth-order valence-electron chi connectivity index (χ4n) is 2.00. The lowest BCUT2D eigenvalue weighted by Crippen LogP contribution is -2.21. The molecule has 2 heterocycles. The molecule has 0 aromatic carbocycles. The molecule has 1 saturated heterocycles. The summed E-state index contributed by atoms with van der Waals surface area (Å²) in [5.41, 5.74) is 2.58. The molecule has 1 aliphatic heterocycles. The number of pyridine rings is 1. The highest BCUT2D eigenvalue weighted by molar-refractivity contribution is 5.47. The molecular weight excluding hydrogens is 188 g/mol. The van der Waals surface area contributed by atoms with Crippen LogP contribution >= 0.6 is 0 Å². The van der Waals surface area contributed by atoms with Gasteiger partial charge in [0.1, 0.15) is 11.6 Å². The summed E-state index contributed by atoms with van der Waals surface area (Å²) in [4.78, 5) is 6.75. The van der Waals surface area contributed by atoms with Crippen LogP contribution in [0.5, 0.6) is 0 Å². The minimum Gasteiger partial charge on any atom is -0.356 e. The third kappa shape index (κ3) is 2.04. The highest BCUT2D eigenvalue weighted by atomic mass is 15.3. The van der Waals surface area contributed by atoms with E-state index in [1.54, 1.807) is 0 Å². The maximum absolute atomic E-state index is 5.34. The first-order valence-corrected chi connectivity index (χ1v) is 5.39. The third-order valence-corrected chi connectivity index (χ3v) is 3.19. The van der Waals surface area contributed by atoms with Crippen LogP contribution in [0.25, 0.3) is 0 Å². The standard InChI is InChI=1S/C11H18N4/c1-8-6-15(7-9(8)2)11-5-3-4-10(13-11)14-12/h3-5,8-9H,6-7,12H2,1-2H3,(H,13,14). The topological polar surface area (TPSA) is 54.2 Å². The predicted molar refractivity (Wildman–Crippen MR) is 62.6 cm³/mol. The fourth-order valence-corrected chi connectivity index (χ4v) is 2.00. The highest BCUT2D eigenvalue weighted by Crippen LogP contribution is 2.26. The van der Waals surface area contributed by atoms with Crippen LogP contribution in [-0.4, -0.2) is 18.1 Å². The zero-order chi connectivity index (χ0) is 10.8. The van der Waals surface area contributed by atoms with Crippen molar-refractivity contribution in [3.8, 4) is 0 Å². The Kier molecular flexibility index (Phi) is 2.77. The largest absolute Gasteiger partial charge is 0.356 e. The van der Waals surface area contributed by atoms with Crippen molar-refractivity contribution >= 4 is 11.6 Å². The molecule has 0 spiro atoms. The first kappa shape index (κ1) is 10.2. The van der Waals surface area contributed by atoms with E-state index in [1.165, 1.54) is 0 Å². The van der Waals surface area contributed by atoms with Crippen molar-refractivity contribution in [3.05, 3.63) is 18.2 Å². The molecule has 0 radical (unpaired) electrons. The van der Waals surface area contributed by atoms with Crippen LogP contribution in [0.1, 0.15) is 13.8 Å². The van der Waals surface area contributed by atoms with E-state index in [9.17, 15) is 0 Å². The zero-order valence-corrected chi connectivity index (χ0v) is 9.27. The first-order valence-electron chi connectivity index (χ1n) is 5.39. The Labute approximate surface area is 90.5 Å². The van der Waals surface area contributed by atoms with Crippen molar-refractivity contribution < 1.29 is 0 Å². The summed E-state index contributed by atoms with van der Waals surface area (Å²) in [6, 6.07) is 5.88. The van der Waals surface area contributed by atoms with Crippen molar-refractivity contribution in [2.24, 2.45) is 17.7 Å². The smallest absolute Gasteiger partial charge is 0.142 e. The predicted octanol–water partition coefficient (Wildman–Crippen LogP) is 1.46. The van der Waals surface area contributed by atoms with Crippen molar-refractivity contribution in [1.29, 1.82) is 0 Å². The van der Waals surface area contributed by atoms with Crippen LogP contribution in [0.15, 0.2) is 18.2 Å². The molecule has 1 aliphatic rings. The maximum Gasteiger partial charge on any atom is 0.142 e. The van der Waals surface area contributed by atoms with E-state index in [0.717, 1.165) is 36.6 Å². The molecule has 2 rings (SSSR count). The third-order valence-electron chi connectivity index (χ3n) is 3.19. The normalized spacial score (nSPS) is 25.7. The molecular formula is C11H18N4. The quantitative estimate of drug-likeness (QED) is 0.568. The lowest BCUT2D eigenvalue weighted by molar-refractivity contribution is 0.494. The maximum atomic E-state index is 5.34. The van der Waals surface area contributed by atoms with E-state index in [0.29, 0.717) is 0 Å². The van der Waals surface area contributed by atoms with Gasteiger partial charge in [0, 0.05) is 13.1 Å². The van der Waals surface area contributed by atoms with Gasteiger partial charge in [-0.1, -0.05) is 19.9 Å². The molecule has 1 fully saturated rings. The Bertz CT molecular complexity index is 329. The number of nitrogens with zero attached hydrogens (tertiary/aromatic N) is 2. The Balaban J connectivity index is 2.16. The van der Waals surface area contributed by atoms with Gasteiger partial charge in [0.2, 0.25) is 0 Å². The molecule has 0 bridgehead atoms. The number of nitrogens with two attached hydrogens (primary N) is 1. The number of nitrogen functional groups attached to an aromatic ring is 1. The van der Waals surface area contributed by atoms with Gasteiger partial charge in [0.25, 0.3) is 0 Å². The van der Waals surface area contributed by atoms with Crippen molar-refractivity contribution in [1.82, 2.24) is 4.98 Å². The summed E-state index contributed by atoms with van der Waals surface area (Å²) >= 11 is 0. The number of hydrogen-bond donors (Lipinski definition) is 2. The van der Waals surface area contributed by atoms with E-state index >= 15 is 0 Å². The first-order chi connectivity index (χ1) is 7.20. The van der Waals surface area contributed by atoms with Crippen LogP contribution in [0, 0.1) is 11.8 Å². The van der Waals surface area contributed by atoms with Crippen LogP contribution < -0.4 is 16.2 Å². The summed E-state index contributed by atoms with van der Waals surface area (Å²) in [6.07, 6.45) is 0. The van der Waals surface area contributed by atoms with Gasteiger partial charge in [-0.3, -0.25) is 0 Å². The number of hydrazine groups is 1. The molecule has 15 heavy (non-hydrogen) atoms. The van der Waals surface area contributed by atoms with Gasteiger partial charge in [-0.05, 0) is 24.0 Å². The van der Waals surface area contributed by atoms with E-state index in [2.05, 4.69) is 29.2 Å². The van der Waals surface area contributed by atoms with Gasteiger partial charge in [-0.2, -0.15) is 0 Å². The average Bonchev–Trinajstić information content (AvgIpc) is 2.59. The highest BCUT2D eigenvalue weighted by Gasteiger charge is 2.26. The van der Waals surface area contributed by atoms with Crippen LogP contribution in [0.2, 0.25) is 0 Å². The van der Waals surface area contributed by atoms with Crippen molar-refractivity contribution in [2.75, 3.05) is 23.4 Å². The van der Waals surface area contributed by atoms with E-state index in [-0.39, 0.29) is 0 Å². The summed E-state index contributed by atoms with van der Waals surface area (Å²) in [5, 5.41) is 0. The molecule has 1 aromatic rings. The van der Waals surface area contributed by atoms with Gasteiger partial charge in [-0.15, -0.1) is 0 Å². The van der Waals surface area contributed by atoms with Crippen LogP contribution in [0.3, 0.4) is 0 Å². The summed E-state index contributed by atoms with van der Waals surface area (Å²) in [7, 11) is 0. The van der Waals surface area contributed by atoms with Gasteiger partial charge in [0.15, 0.2) is 0 Å². The second-order valence-corrected chi connectivity index (χ2v) is 4.38. The summed E-state index contributed by atoms with van der Waals surface area (Å²) < 4.78 is 0. The van der Waals surface area contributed by atoms with Crippen LogP contribution in [0.4, 0.5) is 11.6 Å². The van der Waals surface area contributed by atoms with E-state index < -0.39 is 0 Å². The lowest BCUT2D eigenvalue weighted by Gasteiger charge is -2.17. The Morgan fingerprint density at radius 1 is 1.33 bits per heavy atom. The Morgan fingerprint density at radius 2 is 2.00 bits per heavy atom.